The number of carboxylic acids is 1. The molecule has 2 N–H and O–H groups in total. The van der Waals surface area contributed by atoms with Gasteiger partial charge in [0.1, 0.15) is 5.02 Å². The number of hydrogen-bond acceptors (Lipinski definition) is 4. The van der Waals surface area contributed by atoms with Crippen molar-refractivity contribution >= 4 is 23.3 Å². The number of nitrogens with zero attached hydrogens (tertiary/aromatic N) is 2. The Morgan fingerprint density at radius 3 is 2.50 bits per heavy atom. The highest BCUT2D eigenvalue weighted by molar-refractivity contribution is 6.32. The molecule has 5 saturated carbocycles. The zero-order valence-electron chi connectivity index (χ0n) is 16.1. The predicted octanol–water partition coefficient (Wildman–Crippen LogP) is 3.88. The highest BCUT2D eigenvalue weighted by atomic mass is 35.5. The molecule has 5 fully saturated rings. The average molecular weight is 406 g/mol. The Kier molecular flexibility index (Phi) is 4.45. The van der Waals surface area contributed by atoms with Crippen LogP contribution in [0.25, 0.3) is 0 Å². The molecule has 28 heavy (non-hydrogen) atoms. The molecule has 2 unspecified atom stereocenters. The number of hydrogen-bond donors (Lipinski definition) is 2. The monoisotopic (exact) mass is 405 g/mol. The number of aliphatic carboxylic acids is 1. The summed E-state index contributed by atoms with van der Waals surface area (Å²) in [4.78, 5) is 25.5. The van der Waals surface area contributed by atoms with Crippen LogP contribution in [0.15, 0.2) is 11.0 Å². The molecule has 0 spiro atoms. The summed E-state index contributed by atoms with van der Waals surface area (Å²) < 4.78 is 1.46. The first kappa shape index (κ1) is 18.5. The van der Waals surface area contributed by atoms with Crippen LogP contribution in [0.2, 0.25) is 5.02 Å². The van der Waals surface area contributed by atoms with Crippen LogP contribution in [-0.4, -0.2) is 26.9 Å². The van der Waals surface area contributed by atoms with Gasteiger partial charge >= 0.3 is 5.97 Å². The molecule has 0 radical (unpaired) electrons. The minimum atomic E-state index is -0.793. The van der Waals surface area contributed by atoms with Crippen LogP contribution >= 0.6 is 11.6 Å². The maximum absolute atomic E-state index is 13.3. The molecule has 0 saturated heterocycles. The van der Waals surface area contributed by atoms with E-state index in [2.05, 4.69) is 10.4 Å². The summed E-state index contributed by atoms with van der Waals surface area (Å²) in [6.45, 7) is 0. The van der Waals surface area contributed by atoms with Gasteiger partial charge in [-0.3, -0.25) is 9.59 Å². The summed E-state index contributed by atoms with van der Waals surface area (Å²) in [5.74, 6) is -0.186. The quantitative estimate of drug-likeness (QED) is 0.794. The lowest BCUT2D eigenvalue weighted by Crippen LogP contribution is -2.63. The van der Waals surface area contributed by atoms with Gasteiger partial charge < -0.3 is 10.4 Å². The third-order valence-electron chi connectivity index (χ3n) is 7.85. The third kappa shape index (κ3) is 2.78. The van der Waals surface area contributed by atoms with E-state index in [4.69, 9.17) is 11.6 Å². The van der Waals surface area contributed by atoms with Crippen LogP contribution in [-0.2, 0) is 10.3 Å². The Balaban J connectivity index is 1.52. The van der Waals surface area contributed by atoms with Crippen molar-refractivity contribution in [2.45, 2.75) is 75.8 Å². The van der Waals surface area contributed by atoms with E-state index >= 15 is 0 Å². The van der Waals surface area contributed by atoms with Crippen LogP contribution in [0.4, 0.5) is 5.69 Å². The lowest BCUT2D eigenvalue weighted by molar-refractivity contribution is -0.168. The van der Waals surface area contributed by atoms with Crippen LogP contribution < -0.4 is 10.9 Å². The number of carbonyl (C=O) groups is 1. The number of rotatable bonds is 4. The molecule has 6 nitrogen and oxygen atoms in total. The van der Waals surface area contributed by atoms with Crippen molar-refractivity contribution in [3.8, 4) is 0 Å². The largest absolute Gasteiger partial charge is 0.481 e. The molecule has 152 valence electrons. The molecule has 5 aliphatic carbocycles. The fraction of sp³-hybridized carbons (Fsp3) is 0.762. The van der Waals surface area contributed by atoms with E-state index in [1.165, 1.54) is 23.9 Å². The van der Waals surface area contributed by atoms with Crippen molar-refractivity contribution in [1.29, 1.82) is 0 Å². The first-order valence-corrected chi connectivity index (χ1v) is 11.1. The van der Waals surface area contributed by atoms with Gasteiger partial charge in [0.25, 0.3) is 5.56 Å². The van der Waals surface area contributed by atoms with Crippen molar-refractivity contribution < 1.29 is 9.90 Å². The Hall–Kier alpha value is -1.56. The molecule has 4 bridgehead atoms. The molecule has 0 aromatic carbocycles. The Morgan fingerprint density at radius 1 is 1.18 bits per heavy atom. The second-order valence-corrected chi connectivity index (χ2v) is 9.97. The standard InChI is InChI=1S/C21H28ClN3O3/c22-18-16(24-15-4-2-1-3-5-15)11-23-25(19(18)26)21-9-12-6-13(10-21)8-14(7-12)17(21)20(27)28/h11-15,17,24H,1-10H2,(H,27,28)/t12-,13+,14?,17-,21?/m1/s1. The molecule has 7 heteroatoms. The average Bonchev–Trinajstić information content (AvgIpc) is 2.65. The molecule has 1 aromatic rings. The summed E-state index contributed by atoms with van der Waals surface area (Å²) in [7, 11) is 0. The van der Waals surface area contributed by atoms with Crippen LogP contribution in [0.3, 0.4) is 0 Å². The smallest absolute Gasteiger partial charge is 0.309 e. The van der Waals surface area contributed by atoms with Gasteiger partial charge in [-0.25, -0.2) is 4.68 Å². The fourth-order valence-corrected chi connectivity index (χ4v) is 7.23. The van der Waals surface area contributed by atoms with Gasteiger partial charge in [0.2, 0.25) is 0 Å². The minimum Gasteiger partial charge on any atom is -0.481 e. The van der Waals surface area contributed by atoms with E-state index in [1.54, 1.807) is 6.20 Å². The summed E-state index contributed by atoms with van der Waals surface area (Å²) in [6, 6.07) is 0.328. The number of carboxylic acid groups (broad SMARTS) is 1. The van der Waals surface area contributed by atoms with Crippen LogP contribution in [0, 0.1) is 23.7 Å². The van der Waals surface area contributed by atoms with Crippen LogP contribution in [0.5, 0.6) is 0 Å². The van der Waals surface area contributed by atoms with Crippen molar-refractivity contribution in [2.75, 3.05) is 5.32 Å². The molecule has 5 aliphatic rings. The van der Waals surface area contributed by atoms with Gasteiger partial charge in [0, 0.05) is 6.04 Å². The van der Waals surface area contributed by atoms with E-state index in [0.717, 1.165) is 44.9 Å². The van der Waals surface area contributed by atoms with Crippen molar-refractivity contribution in [1.82, 2.24) is 9.78 Å². The normalized spacial score (nSPS) is 37.2. The van der Waals surface area contributed by atoms with E-state index in [9.17, 15) is 14.7 Å². The SMILES string of the molecule is O=C(O)[C@H]1C2C[C@@H]3C[C@H](C2)CC1(n1ncc(NC2CCCCC2)c(Cl)c1=O)C3. The van der Waals surface area contributed by atoms with Crippen LogP contribution in [0.1, 0.15) is 64.2 Å². The van der Waals surface area contributed by atoms with E-state index in [1.807, 2.05) is 0 Å². The summed E-state index contributed by atoms with van der Waals surface area (Å²) in [5, 5.41) is 18.1. The topological polar surface area (TPSA) is 84.2 Å². The number of aromatic nitrogens is 2. The van der Waals surface area contributed by atoms with Gasteiger partial charge in [-0.05, 0) is 62.7 Å². The molecule has 6 rings (SSSR count). The second kappa shape index (κ2) is 6.75. The Labute approximate surface area is 169 Å². The molecule has 5 atom stereocenters. The van der Waals surface area contributed by atoms with E-state index in [0.29, 0.717) is 23.6 Å². The minimum absolute atomic E-state index is 0.149. The molecule has 1 heterocycles. The van der Waals surface area contributed by atoms with Gasteiger partial charge in [0.05, 0.1) is 23.3 Å². The summed E-state index contributed by atoms with van der Waals surface area (Å²) in [6.07, 6.45) is 12.0. The van der Waals surface area contributed by atoms with Crippen molar-refractivity contribution in [3.63, 3.8) is 0 Å². The zero-order valence-corrected chi connectivity index (χ0v) is 16.8. The molecule has 0 aliphatic heterocycles. The van der Waals surface area contributed by atoms with Gasteiger partial charge in [-0.1, -0.05) is 30.9 Å². The lowest BCUT2D eigenvalue weighted by atomic mass is 9.48. The Bertz CT molecular complexity index is 834. The van der Waals surface area contributed by atoms with Crippen molar-refractivity contribution in [2.24, 2.45) is 23.7 Å². The number of halogens is 1. The number of anilines is 1. The van der Waals surface area contributed by atoms with Crippen molar-refractivity contribution in [3.05, 3.63) is 21.6 Å². The third-order valence-corrected chi connectivity index (χ3v) is 8.21. The molecule has 1 aromatic heterocycles. The van der Waals surface area contributed by atoms with Gasteiger partial charge in [-0.15, -0.1) is 0 Å². The fourth-order valence-electron chi connectivity index (χ4n) is 7.05. The summed E-state index contributed by atoms with van der Waals surface area (Å²) >= 11 is 6.50. The Morgan fingerprint density at radius 2 is 1.86 bits per heavy atom. The molecular weight excluding hydrogens is 378 g/mol. The summed E-state index contributed by atoms with van der Waals surface area (Å²) in [5.41, 5.74) is -0.466. The second-order valence-electron chi connectivity index (χ2n) is 9.60. The highest BCUT2D eigenvalue weighted by Crippen LogP contribution is 2.61. The van der Waals surface area contributed by atoms with E-state index < -0.39 is 17.4 Å². The molecular formula is C21H28ClN3O3. The first-order valence-electron chi connectivity index (χ1n) is 10.8. The van der Waals surface area contributed by atoms with E-state index in [-0.39, 0.29) is 16.5 Å². The maximum atomic E-state index is 13.3. The van der Waals surface area contributed by atoms with Gasteiger partial charge in [0.15, 0.2) is 0 Å². The first-order chi connectivity index (χ1) is 13.5. The molecule has 0 amide bonds. The predicted molar refractivity (Wildman–Crippen MR) is 107 cm³/mol. The highest BCUT2D eigenvalue weighted by Gasteiger charge is 2.61. The number of nitrogens with one attached hydrogen (secondary N) is 1. The maximum Gasteiger partial charge on any atom is 0.309 e. The van der Waals surface area contributed by atoms with Gasteiger partial charge in [-0.2, -0.15) is 5.10 Å². The lowest BCUT2D eigenvalue weighted by Gasteiger charge is -2.59. The zero-order chi connectivity index (χ0) is 19.5.